The molecule has 1 aromatic rings. The Kier molecular flexibility index (Phi) is 8.18. The highest BCUT2D eigenvalue weighted by Crippen LogP contribution is 2.52. The van der Waals surface area contributed by atoms with Gasteiger partial charge in [-0.2, -0.15) is 0 Å². The van der Waals surface area contributed by atoms with E-state index in [4.69, 9.17) is 0 Å². The lowest BCUT2D eigenvalue weighted by atomic mass is 9.58. The number of aliphatic hydroxyl groups is 3. The highest BCUT2D eigenvalue weighted by molar-refractivity contribution is 14.1. The fraction of sp³-hybridized carbons (Fsp3) is 0.552. The lowest BCUT2D eigenvalue weighted by Gasteiger charge is -2.50. The first kappa shape index (κ1) is 30.5. The number of ketones is 2. The summed E-state index contributed by atoms with van der Waals surface area (Å²) in [6.45, 7) is 5.96. The van der Waals surface area contributed by atoms with Crippen LogP contribution >= 0.6 is 22.9 Å². The van der Waals surface area contributed by atoms with E-state index in [2.05, 4.69) is 28.2 Å². The fourth-order valence-corrected chi connectivity index (χ4v) is 6.76. The summed E-state index contributed by atoms with van der Waals surface area (Å²) in [7, 11) is 5.26. The van der Waals surface area contributed by atoms with Crippen molar-refractivity contribution in [1.29, 1.82) is 0 Å². The van der Waals surface area contributed by atoms with Gasteiger partial charge >= 0.3 is 0 Å². The second-order valence-electron chi connectivity index (χ2n) is 12.3. The van der Waals surface area contributed by atoms with Crippen LogP contribution in [-0.2, 0) is 22.4 Å². The topological polar surface area (TPSA) is 151 Å². The van der Waals surface area contributed by atoms with E-state index in [0.29, 0.717) is 18.4 Å². The molecule has 11 heteroatoms. The second-order valence-corrected chi connectivity index (χ2v) is 14.0. The van der Waals surface area contributed by atoms with Crippen molar-refractivity contribution in [2.45, 2.75) is 63.6 Å². The van der Waals surface area contributed by atoms with Gasteiger partial charge in [0.25, 0.3) is 5.91 Å². The predicted octanol–water partition coefficient (Wildman–Crippen LogP) is 2.76. The number of aryl methyl sites for hydroxylation is 1. The SMILES string of the molecule is CN(I)CCCc1ccc(O)c2c1C[C@H]1C[C@H]3[C@H](N(C)C)C(O)=C(C(=O)NC(C)(C)C)C(=O)[C@@]3(O)C(O)=C1C2=O. The van der Waals surface area contributed by atoms with Gasteiger partial charge in [0.2, 0.25) is 5.78 Å². The minimum absolute atomic E-state index is 0.0664. The lowest BCUT2D eigenvalue weighted by Crippen LogP contribution is -2.64. The molecular formula is C29H38IN3O7. The molecule has 4 atom stereocenters. The van der Waals surface area contributed by atoms with Crippen LogP contribution < -0.4 is 5.32 Å². The summed E-state index contributed by atoms with van der Waals surface area (Å²) in [6, 6.07) is 2.29. The van der Waals surface area contributed by atoms with E-state index in [1.165, 1.54) is 6.07 Å². The van der Waals surface area contributed by atoms with E-state index < -0.39 is 63.6 Å². The third-order valence-corrected chi connectivity index (χ3v) is 8.57. The fourth-order valence-electron chi connectivity index (χ4n) is 6.42. The summed E-state index contributed by atoms with van der Waals surface area (Å²) in [6.07, 6.45) is 1.93. The molecule has 3 aliphatic rings. The van der Waals surface area contributed by atoms with Crippen molar-refractivity contribution in [3.63, 3.8) is 0 Å². The molecule has 0 spiro atoms. The molecule has 3 aliphatic carbocycles. The third kappa shape index (κ3) is 5.05. The maximum atomic E-state index is 13.9. The summed E-state index contributed by atoms with van der Waals surface area (Å²) in [5, 5.41) is 48.1. The van der Waals surface area contributed by atoms with Crippen LogP contribution in [0.15, 0.2) is 34.8 Å². The summed E-state index contributed by atoms with van der Waals surface area (Å²) in [5.41, 5.74) is -2.45. The minimum atomic E-state index is -2.61. The summed E-state index contributed by atoms with van der Waals surface area (Å²) >= 11 is 2.21. The van der Waals surface area contributed by atoms with Gasteiger partial charge in [-0.05, 0) is 90.7 Å². The molecule has 0 radical (unpaired) electrons. The number of rotatable bonds is 6. The zero-order valence-electron chi connectivity index (χ0n) is 23.7. The van der Waals surface area contributed by atoms with E-state index in [-0.39, 0.29) is 23.3 Å². The Labute approximate surface area is 248 Å². The molecule has 218 valence electrons. The number of hydrogen-bond donors (Lipinski definition) is 5. The molecule has 10 nitrogen and oxygen atoms in total. The average molecular weight is 668 g/mol. The van der Waals surface area contributed by atoms with Crippen molar-refractivity contribution in [3.8, 4) is 5.75 Å². The largest absolute Gasteiger partial charge is 0.510 e. The van der Waals surface area contributed by atoms with Gasteiger partial charge in [0.1, 0.15) is 22.8 Å². The number of phenols is 1. The van der Waals surface area contributed by atoms with E-state index in [0.717, 1.165) is 18.5 Å². The number of phenolic OH excluding ortho intramolecular Hbond substituents is 1. The Morgan fingerprint density at radius 2 is 1.80 bits per heavy atom. The maximum absolute atomic E-state index is 13.9. The predicted molar refractivity (Wildman–Crippen MR) is 157 cm³/mol. The molecule has 0 bridgehead atoms. The van der Waals surface area contributed by atoms with Gasteiger partial charge in [0.05, 0.1) is 11.6 Å². The first-order chi connectivity index (χ1) is 18.5. The number of fused-ring (bicyclic) bond motifs is 3. The molecule has 4 rings (SSSR count). The lowest BCUT2D eigenvalue weighted by molar-refractivity contribution is -0.149. The molecular weight excluding hydrogens is 629 g/mol. The van der Waals surface area contributed by atoms with Gasteiger partial charge in [0.15, 0.2) is 11.4 Å². The van der Waals surface area contributed by atoms with Gasteiger partial charge in [-0.15, -0.1) is 0 Å². The zero-order valence-corrected chi connectivity index (χ0v) is 25.9. The number of carbonyl (C=O) groups is 3. The second kappa shape index (κ2) is 10.7. The Balaban J connectivity index is 1.85. The number of Topliss-reactive ketones (excluding diaryl/α,β-unsaturated/α-hetero) is 2. The monoisotopic (exact) mass is 667 g/mol. The Bertz CT molecular complexity index is 1330. The number of halogens is 1. The minimum Gasteiger partial charge on any atom is -0.510 e. The molecule has 1 aromatic carbocycles. The number of aliphatic hydroxyl groups excluding tert-OH is 2. The van der Waals surface area contributed by atoms with Gasteiger partial charge in [0, 0.05) is 46.4 Å². The molecule has 5 N–H and O–H groups in total. The third-order valence-electron chi connectivity index (χ3n) is 8.08. The summed E-state index contributed by atoms with van der Waals surface area (Å²) < 4.78 is 2.04. The number of likely N-dealkylation sites (N-methyl/N-ethyl adjacent to an activating group) is 1. The zero-order chi connectivity index (χ0) is 29.9. The van der Waals surface area contributed by atoms with Crippen molar-refractivity contribution in [2.75, 3.05) is 27.7 Å². The van der Waals surface area contributed by atoms with Crippen LogP contribution in [0.3, 0.4) is 0 Å². The molecule has 1 amide bonds. The first-order valence-corrected chi connectivity index (χ1v) is 14.3. The highest BCUT2D eigenvalue weighted by Gasteiger charge is 2.63. The number of aromatic hydroxyl groups is 1. The maximum Gasteiger partial charge on any atom is 0.258 e. The van der Waals surface area contributed by atoms with Gasteiger partial charge in [-0.25, -0.2) is 0 Å². The Hall–Kier alpha value is -2.48. The van der Waals surface area contributed by atoms with Crippen LogP contribution in [0.1, 0.15) is 55.1 Å². The van der Waals surface area contributed by atoms with E-state index >= 15 is 0 Å². The molecule has 0 unspecified atom stereocenters. The van der Waals surface area contributed by atoms with Crippen molar-refractivity contribution in [3.05, 3.63) is 51.5 Å². The van der Waals surface area contributed by atoms with Gasteiger partial charge < -0.3 is 25.7 Å². The average Bonchev–Trinajstić information content (AvgIpc) is 2.81. The van der Waals surface area contributed by atoms with Crippen LogP contribution in [0.4, 0.5) is 0 Å². The van der Waals surface area contributed by atoms with E-state index in [9.17, 15) is 34.8 Å². The standard InChI is InChI=1S/C29H38IN3O7/c1-28(2,3)31-27(39)21-24(36)22(32(4)5)17-13-15-12-16-14(8-7-11-33(6)30)9-10-18(34)20(16)23(35)19(15)25(37)29(17,40)26(21)38/h9-10,15,17,22,34,36-37,40H,7-8,11-13H2,1-6H3,(H,31,39)/t15-,17-,22-,29-/m0/s1. The molecule has 0 fully saturated rings. The van der Waals surface area contributed by atoms with E-state index in [1.54, 1.807) is 39.8 Å². The number of hydrogen-bond acceptors (Lipinski definition) is 9. The van der Waals surface area contributed by atoms with Crippen LogP contribution in [0, 0.1) is 11.8 Å². The van der Waals surface area contributed by atoms with Crippen molar-refractivity contribution < 1.29 is 34.8 Å². The van der Waals surface area contributed by atoms with Gasteiger partial charge in [-0.1, -0.05) is 6.07 Å². The quantitative estimate of drug-likeness (QED) is 0.175. The van der Waals surface area contributed by atoms with Crippen LogP contribution in [0.2, 0.25) is 0 Å². The highest BCUT2D eigenvalue weighted by atomic mass is 127. The Morgan fingerprint density at radius 3 is 2.38 bits per heavy atom. The number of allylic oxidation sites excluding steroid dienone is 1. The van der Waals surface area contributed by atoms with Gasteiger partial charge in [-0.3, -0.25) is 22.4 Å². The summed E-state index contributed by atoms with van der Waals surface area (Å²) in [5.74, 6) is -5.80. The molecule has 40 heavy (non-hydrogen) atoms. The van der Waals surface area contributed by atoms with Crippen LogP contribution in [-0.4, -0.2) is 90.8 Å². The summed E-state index contributed by atoms with van der Waals surface area (Å²) in [4.78, 5) is 42.4. The number of nitrogens with zero attached hydrogens (tertiary/aromatic N) is 2. The molecule has 0 aromatic heterocycles. The van der Waals surface area contributed by atoms with Crippen molar-refractivity contribution >= 4 is 40.3 Å². The number of benzene rings is 1. The molecule has 0 saturated carbocycles. The number of amides is 1. The Morgan fingerprint density at radius 1 is 1.15 bits per heavy atom. The van der Waals surface area contributed by atoms with Crippen molar-refractivity contribution in [2.24, 2.45) is 11.8 Å². The molecule has 0 saturated heterocycles. The normalized spacial score (nSPS) is 26.7. The first-order valence-electron chi connectivity index (χ1n) is 13.4. The van der Waals surface area contributed by atoms with Crippen molar-refractivity contribution in [1.82, 2.24) is 13.3 Å². The molecule has 0 heterocycles. The molecule has 0 aliphatic heterocycles. The van der Waals surface area contributed by atoms with E-state index in [1.807, 2.05) is 16.2 Å². The number of carbonyl (C=O) groups excluding carboxylic acids is 3. The van der Waals surface area contributed by atoms with Crippen LogP contribution in [0.5, 0.6) is 5.75 Å². The number of nitrogens with one attached hydrogen (secondary N) is 1. The smallest absolute Gasteiger partial charge is 0.258 e. The van der Waals surface area contributed by atoms with Crippen LogP contribution in [0.25, 0.3) is 0 Å².